The number of nitro groups is 1. The van der Waals surface area contributed by atoms with Crippen LogP contribution >= 0.6 is 11.6 Å². The molecule has 0 aliphatic carbocycles. The first kappa shape index (κ1) is 25.7. The average molecular weight is 479 g/mol. The molecule has 0 aromatic heterocycles. The van der Waals surface area contributed by atoms with Gasteiger partial charge in [0.15, 0.2) is 0 Å². The van der Waals surface area contributed by atoms with E-state index in [1.54, 1.807) is 23.1 Å². The summed E-state index contributed by atoms with van der Waals surface area (Å²) in [6, 6.07) is 7.41. The van der Waals surface area contributed by atoms with Crippen LogP contribution in [0, 0.1) is 21.4 Å². The maximum absolute atomic E-state index is 12.7. The lowest BCUT2D eigenvalue weighted by Crippen LogP contribution is -2.35. The van der Waals surface area contributed by atoms with Gasteiger partial charge in [0, 0.05) is 31.3 Å². The molecule has 0 bridgehead atoms. The Morgan fingerprint density at radius 3 is 2.33 bits per heavy atom. The van der Waals surface area contributed by atoms with Gasteiger partial charge in [0.25, 0.3) is 5.69 Å². The number of hydrogen-bond acceptors (Lipinski definition) is 9. The van der Waals surface area contributed by atoms with Crippen LogP contribution in [0.1, 0.15) is 11.1 Å². The molecule has 0 heterocycles. The number of carbonyl (C=O) groups excluding carboxylic acids is 1. The van der Waals surface area contributed by atoms with Gasteiger partial charge in [-0.05, 0) is 6.07 Å². The Kier molecular flexibility index (Phi) is 9.23. The van der Waals surface area contributed by atoms with Crippen molar-refractivity contribution < 1.29 is 29.0 Å². The SMILES string of the molecule is COc1cc(OC)c(CN(CCO)CC(=O)Nc2cc(C#N)cc([N+](=O)[O-])c2Cl)c(OC)c1. The van der Waals surface area contributed by atoms with Gasteiger partial charge in [-0.3, -0.25) is 19.8 Å². The number of amides is 1. The van der Waals surface area contributed by atoms with E-state index in [2.05, 4.69) is 5.32 Å². The summed E-state index contributed by atoms with van der Waals surface area (Å²) < 4.78 is 16.1. The van der Waals surface area contributed by atoms with E-state index < -0.39 is 16.5 Å². The van der Waals surface area contributed by atoms with Gasteiger partial charge in [0.2, 0.25) is 5.91 Å². The van der Waals surface area contributed by atoms with Gasteiger partial charge in [-0.1, -0.05) is 11.6 Å². The second kappa shape index (κ2) is 11.9. The first-order chi connectivity index (χ1) is 15.8. The quantitative estimate of drug-likeness (QED) is 0.367. The number of halogens is 1. The number of anilines is 1. The third kappa shape index (κ3) is 6.45. The number of nitrogens with one attached hydrogen (secondary N) is 1. The molecule has 0 saturated carbocycles. The Bertz CT molecular complexity index is 1050. The standard InChI is InChI=1S/C21H23ClN4O7/c1-31-14-8-18(32-2)15(19(9-14)33-3)11-25(4-5-27)12-20(28)24-16-6-13(10-23)7-17(21(16)22)26(29)30/h6-9,27H,4-5,11-12H2,1-3H3,(H,24,28). The van der Waals surface area contributed by atoms with E-state index in [1.807, 2.05) is 0 Å². The molecule has 1 amide bonds. The molecule has 2 rings (SSSR count). The molecule has 0 aliphatic heterocycles. The molecule has 0 unspecified atom stereocenters. The van der Waals surface area contributed by atoms with E-state index in [0.29, 0.717) is 22.8 Å². The predicted octanol–water partition coefficient (Wildman–Crippen LogP) is 2.58. The summed E-state index contributed by atoms with van der Waals surface area (Å²) in [5.41, 5.74) is 0.0467. The summed E-state index contributed by atoms with van der Waals surface area (Å²) in [5, 5.41) is 32.0. The molecule has 2 aromatic carbocycles. The van der Waals surface area contributed by atoms with Crippen LogP contribution in [0.25, 0.3) is 0 Å². The van der Waals surface area contributed by atoms with Crippen LogP contribution in [0.3, 0.4) is 0 Å². The number of hydrogen-bond donors (Lipinski definition) is 2. The van der Waals surface area contributed by atoms with E-state index in [4.69, 9.17) is 31.1 Å². The minimum Gasteiger partial charge on any atom is -0.496 e. The lowest BCUT2D eigenvalue weighted by atomic mass is 10.1. The maximum Gasteiger partial charge on any atom is 0.291 e. The van der Waals surface area contributed by atoms with Crippen molar-refractivity contribution in [2.45, 2.75) is 6.54 Å². The van der Waals surface area contributed by atoms with Crippen LogP contribution in [0.4, 0.5) is 11.4 Å². The summed E-state index contributed by atoms with van der Waals surface area (Å²) in [6.07, 6.45) is 0. The maximum atomic E-state index is 12.7. The van der Waals surface area contributed by atoms with Gasteiger partial charge in [0.05, 0.1) is 62.3 Å². The monoisotopic (exact) mass is 478 g/mol. The van der Waals surface area contributed by atoms with Gasteiger partial charge in [0.1, 0.15) is 22.3 Å². The third-order valence-corrected chi connectivity index (χ3v) is 5.03. The number of methoxy groups -OCH3 is 3. The molecule has 12 heteroatoms. The second-order valence-electron chi connectivity index (χ2n) is 6.72. The molecule has 176 valence electrons. The van der Waals surface area contributed by atoms with Crippen molar-refractivity contribution in [1.82, 2.24) is 4.90 Å². The lowest BCUT2D eigenvalue weighted by molar-refractivity contribution is -0.384. The van der Waals surface area contributed by atoms with Crippen molar-refractivity contribution >= 4 is 28.9 Å². The Morgan fingerprint density at radius 1 is 1.21 bits per heavy atom. The number of aliphatic hydroxyl groups is 1. The topological polar surface area (TPSA) is 147 Å². The van der Waals surface area contributed by atoms with Crippen molar-refractivity contribution in [3.8, 4) is 23.3 Å². The summed E-state index contributed by atoms with van der Waals surface area (Å²) in [4.78, 5) is 24.8. The minimum atomic E-state index is -0.737. The van der Waals surface area contributed by atoms with E-state index >= 15 is 0 Å². The highest BCUT2D eigenvalue weighted by Gasteiger charge is 2.22. The largest absolute Gasteiger partial charge is 0.496 e. The first-order valence-corrected chi connectivity index (χ1v) is 9.95. The fourth-order valence-electron chi connectivity index (χ4n) is 3.10. The normalized spacial score (nSPS) is 10.5. The molecule has 0 radical (unpaired) electrons. The third-order valence-electron chi connectivity index (χ3n) is 4.64. The fraction of sp³-hybridized carbons (Fsp3) is 0.333. The first-order valence-electron chi connectivity index (χ1n) is 9.57. The Balaban J connectivity index is 2.28. The van der Waals surface area contributed by atoms with Crippen LogP contribution in [-0.4, -0.2) is 61.9 Å². The van der Waals surface area contributed by atoms with Crippen molar-refractivity contribution in [2.24, 2.45) is 0 Å². The number of rotatable bonds is 11. The van der Waals surface area contributed by atoms with Gasteiger partial charge < -0.3 is 24.6 Å². The number of benzene rings is 2. The summed E-state index contributed by atoms with van der Waals surface area (Å²) >= 11 is 6.05. The van der Waals surface area contributed by atoms with Crippen molar-refractivity contribution in [3.05, 3.63) is 50.5 Å². The van der Waals surface area contributed by atoms with Crippen molar-refractivity contribution in [3.63, 3.8) is 0 Å². The fourth-order valence-corrected chi connectivity index (χ4v) is 3.33. The molecule has 11 nitrogen and oxygen atoms in total. The van der Waals surface area contributed by atoms with E-state index in [-0.39, 0.29) is 42.5 Å². The molecule has 2 N–H and O–H groups in total. The van der Waals surface area contributed by atoms with Gasteiger partial charge in [-0.2, -0.15) is 5.26 Å². The number of nitriles is 1. The van der Waals surface area contributed by atoms with E-state index in [0.717, 1.165) is 6.07 Å². The number of nitrogens with zero attached hydrogens (tertiary/aromatic N) is 3. The van der Waals surface area contributed by atoms with Crippen LogP contribution in [-0.2, 0) is 11.3 Å². The molecule has 0 saturated heterocycles. The zero-order chi connectivity index (χ0) is 24.5. The summed E-state index contributed by atoms with van der Waals surface area (Å²) in [6.45, 7) is -0.113. The molecule has 2 aromatic rings. The van der Waals surface area contributed by atoms with Gasteiger partial charge in [-0.15, -0.1) is 0 Å². The number of aliphatic hydroxyl groups excluding tert-OH is 1. The summed E-state index contributed by atoms with van der Waals surface area (Å²) in [7, 11) is 4.48. The molecular formula is C21H23ClN4O7. The molecule has 33 heavy (non-hydrogen) atoms. The minimum absolute atomic E-state index is 0.0266. The Labute approximate surface area is 195 Å². The van der Waals surface area contributed by atoms with Crippen molar-refractivity contribution in [1.29, 1.82) is 5.26 Å². The van der Waals surface area contributed by atoms with Crippen LogP contribution in [0.2, 0.25) is 5.02 Å². The number of ether oxygens (including phenoxy) is 3. The van der Waals surface area contributed by atoms with Gasteiger partial charge >= 0.3 is 0 Å². The molecular weight excluding hydrogens is 456 g/mol. The number of carbonyl (C=O) groups is 1. The summed E-state index contributed by atoms with van der Waals surface area (Å²) in [5.74, 6) is 0.901. The highest BCUT2D eigenvalue weighted by Crippen LogP contribution is 2.35. The lowest BCUT2D eigenvalue weighted by Gasteiger charge is -2.24. The smallest absolute Gasteiger partial charge is 0.291 e. The molecule has 0 fully saturated rings. The van der Waals surface area contributed by atoms with E-state index in [1.165, 1.54) is 27.4 Å². The number of nitro benzene ring substituents is 1. The van der Waals surface area contributed by atoms with Crippen molar-refractivity contribution in [2.75, 3.05) is 46.3 Å². The van der Waals surface area contributed by atoms with Crippen LogP contribution < -0.4 is 19.5 Å². The highest BCUT2D eigenvalue weighted by molar-refractivity contribution is 6.35. The average Bonchev–Trinajstić information content (AvgIpc) is 2.80. The zero-order valence-electron chi connectivity index (χ0n) is 18.3. The van der Waals surface area contributed by atoms with Gasteiger partial charge in [-0.25, -0.2) is 0 Å². The zero-order valence-corrected chi connectivity index (χ0v) is 19.0. The van der Waals surface area contributed by atoms with E-state index in [9.17, 15) is 20.0 Å². The second-order valence-corrected chi connectivity index (χ2v) is 7.10. The molecule has 0 aliphatic rings. The predicted molar refractivity (Wildman–Crippen MR) is 120 cm³/mol. The Morgan fingerprint density at radius 2 is 1.85 bits per heavy atom. The molecule has 0 atom stereocenters. The van der Waals surface area contributed by atoms with Crippen LogP contribution in [0.5, 0.6) is 17.2 Å². The highest BCUT2D eigenvalue weighted by atomic mass is 35.5. The molecule has 0 spiro atoms. The Hall–Kier alpha value is -3.59. The van der Waals surface area contributed by atoms with Crippen LogP contribution in [0.15, 0.2) is 24.3 Å².